The molecule has 2 amide bonds. The Morgan fingerprint density at radius 2 is 1.56 bits per heavy atom. The van der Waals surface area contributed by atoms with Gasteiger partial charge in [0.25, 0.3) is 0 Å². The van der Waals surface area contributed by atoms with Gasteiger partial charge in [0.05, 0.1) is 39.5 Å². The van der Waals surface area contributed by atoms with Crippen LogP contribution in [0.15, 0.2) is 48.5 Å². The van der Waals surface area contributed by atoms with E-state index in [0.717, 1.165) is 43.4 Å². The van der Waals surface area contributed by atoms with Gasteiger partial charge in [0.1, 0.15) is 18.1 Å². The van der Waals surface area contributed by atoms with Crippen molar-refractivity contribution in [1.29, 1.82) is 0 Å². The van der Waals surface area contributed by atoms with Crippen LogP contribution in [0.4, 0.5) is 11.4 Å². The number of rotatable bonds is 12. The van der Waals surface area contributed by atoms with Gasteiger partial charge in [-0.1, -0.05) is 0 Å². The van der Waals surface area contributed by atoms with E-state index in [9.17, 15) is 9.59 Å². The van der Waals surface area contributed by atoms with Gasteiger partial charge in [-0.2, -0.15) is 0 Å². The van der Waals surface area contributed by atoms with Crippen LogP contribution in [0.1, 0.15) is 6.92 Å². The van der Waals surface area contributed by atoms with E-state index in [-0.39, 0.29) is 24.9 Å². The van der Waals surface area contributed by atoms with Gasteiger partial charge in [0, 0.05) is 24.5 Å². The third-order valence-electron chi connectivity index (χ3n) is 5.18. The van der Waals surface area contributed by atoms with Crippen molar-refractivity contribution in [2.24, 2.45) is 0 Å². The SMILES string of the molecule is CCOc1ccc(OCCNC(=O)CN(C)CC(=O)Nc2ccc(N3CCOCC3)cc2)cc1. The fraction of sp³-hybridized carbons (Fsp3) is 0.440. The number of hydrogen-bond acceptors (Lipinski definition) is 7. The van der Waals surface area contributed by atoms with E-state index in [2.05, 4.69) is 15.5 Å². The van der Waals surface area contributed by atoms with Crippen molar-refractivity contribution < 1.29 is 23.8 Å². The van der Waals surface area contributed by atoms with Gasteiger partial charge < -0.3 is 29.7 Å². The molecule has 0 atom stereocenters. The molecule has 9 nitrogen and oxygen atoms in total. The van der Waals surface area contributed by atoms with Crippen molar-refractivity contribution in [3.63, 3.8) is 0 Å². The molecule has 1 fully saturated rings. The van der Waals surface area contributed by atoms with Gasteiger partial charge in [0.15, 0.2) is 0 Å². The molecule has 0 spiro atoms. The van der Waals surface area contributed by atoms with Crippen LogP contribution in [-0.4, -0.2) is 82.9 Å². The molecule has 184 valence electrons. The van der Waals surface area contributed by atoms with Gasteiger partial charge in [-0.25, -0.2) is 0 Å². The smallest absolute Gasteiger partial charge is 0.238 e. The topological polar surface area (TPSA) is 92.4 Å². The molecule has 1 saturated heterocycles. The largest absolute Gasteiger partial charge is 0.494 e. The fourth-order valence-electron chi connectivity index (χ4n) is 3.54. The quantitative estimate of drug-likeness (QED) is 0.459. The molecule has 0 unspecified atom stereocenters. The third-order valence-corrected chi connectivity index (χ3v) is 5.18. The number of carbonyl (C=O) groups is 2. The number of benzene rings is 2. The second-order valence-electron chi connectivity index (χ2n) is 7.97. The molecule has 2 N–H and O–H groups in total. The zero-order valence-electron chi connectivity index (χ0n) is 19.9. The molecule has 34 heavy (non-hydrogen) atoms. The van der Waals surface area contributed by atoms with Crippen LogP contribution in [0, 0.1) is 0 Å². The number of amides is 2. The summed E-state index contributed by atoms with van der Waals surface area (Å²) in [5.74, 6) is 1.17. The third kappa shape index (κ3) is 8.57. The van der Waals surface area contributed by atoms with Crippen LogP contribution in [0.5, 0.6) is 11.5 Å². The number of likely N-dealkylation sites (N-methyl/N-ethyl adjacent to an activating group) is 1. The lowest BCUT2D eigenvalue weighted by Crippen LogP contribution is -2.40. The lowest BCUT2D eigenvalue weighted by molar-refractivity contribution is -0.123. The minimum absolute atomic E-state index is 0.112. The van der Waals surface area contributed by atoms with E-state index in [1.807, 2.05) is 55.5 Å². The second-order valence-corrected chi connectivity index (χ2v) is 7.97. The molecule has 1 heterocycles. The van der Waals surface area contributed by atoms with Crippen LogP contribution in [0.2, 0.25) is 0 Å². The first-order valence-electron chi connectivity index (χ1n) is 11.6. The number of morpholine rings is 1. The number of nitrogens with zero attached hydrogens (tertiary/aromatic N) is 2. The Morgan fingerprint density at radius 3 is 2.21 bits per heavy atom. The van der Waals surface area contributed by atoms with Gasteiger partial charge in [-0.15, -0.1) is 0 Å². The molecule has 0 saturated carbocycles. The fourth-order valence-corrected chi connectivity index (χ4v) is 3.54. The summed E-state index contributed by atoms with van der Waals surface area (Å²) >= 11 is 0. The Balaban J connectivity index is 1.30. The highest BCUT2D eigenvalue weighted by Gasteiger charge is 2.13. The predicted octanol–water partition coefficient (Wildman–Crippen LogP) is 1.99. The van der Waals surface area contributed by atoms with Crippen molar-refractivity contribution in [1.82, 2.24) is 10.2 Å². The molecule has 1 aliphatic rings. The molecule has 0 aromatic heterocycles. The predicted molar refractivity (Wildman–Crippen MR) is 132 cm³/mol. The maximum absolute atomic E-state index is 12.3. The Kier molecular flexibility index (Phi) is 9.99. The van der Waals surface area contributed by atoms with E-state index >= 15 is 0 Å². The maximum Gasteiger partial charge on any atom is 0.238 e. The van der Waals surface area contributed by atoms with Gasteiger partial charge in [-0.05, 0) is 62.5 Å². The summed E-state index contributed by atoms with van der Waals surface area (Å²) < 4.78 is 16.4. The van der Waals surface area contributed by atoms with E-state index in [0.29, 0.717) is 25.5 Å². The summed E-state index contributed by atoms with van der Waals surface area (Å²) in [5, 5.41) is 5.67. The number of anilines is 2. The Bertz CT molecular complexity index is 899. The van der Waals surface area contributed by atoms with E-state index in [1.165, 1.54) is 0 Å². The number of ether oxygens (including phenoxy) is 3. The number of hydrogen-bond donors (Lipinski definition) is 2. The number of carbonyl (C=O) groups excluding carboxylic acids is 2. The highest BCUT2D eigenvalue weighted by Crippen LogP contribution is 2.19. The first-order chi connectivity index (χ1) is 16.5. The molecule has 2 aromatic carbocycles. The van der Waals surface area contributed by atoms with E-state index in [1.54, 1.807) is 11.9 Å². The van der Waals surface area contributed by atoms with Crippen molar-refractivity contribution in [3.8, 4) is 11.5 Å². The van der Waals surface area contributed by atoms with Gasteiger partial charge >= 0.3 is 0 Å². The summed E-state index contributed by atoms with van der Waals surface area (Å²) in [4.78, 5) is 28.4. The van der Waals surface area contributed by atoms with E-state index < -0.39 is 0 Å². The highest BCUT2D eigenvalue weighted by atomic mass is 16.5. The monoisotopic (exact) mass is 470 g/mol. The molecule has 3 rings (SSSR count). The van der Waals surface area contributed by atoms with Crippen LogP contribution in [0.3, 0.4) is 0 Å². The summed E-state index contributed by atoms with van der Waals surface area (Å²) in [7, 11) is 1.73. The molecule has 0 radical (unpaired) electrons. The number of nitrogens with one attached hydrogen (secondary N) is 2. The first-order valence-corrected chi connectivity index (χ1v) is 11.6. The molecule has 2 aromatic rings. The molecule has 1 aliphatic heterocycles. The molecule has 0 bridgehead atoms. The minimum atomic E-state index is -0.173. The Labute approximate surface area is 201 Å². The molecular formula is C25H34N4O5. The second kappa shape index (κ2) is 13.4. The molecule has 0 aliphatic carbocycles. The highest BCUT2D eigenvalue weighted by molar-refractivity contribution is 5.92. The Morgan fingerprint density at radius 1 is 0.941 bits per heavy atom. The van der Waals surface area contributed by atoms with Crippen molar-refractivity contribution in [3.05, 3.63) is 48.5 Å². The summed E-state index contributed by atoms with van der Waals surface area (Å²) in [5.41, 5.74) is 1.84. The normalized spacial score (nSPS) is 13.4. The standard InChI is InChI=1S/C25H34N4O5/c1-3-33-22-8-10-23(11-9-22)34-15-12-26-24(30)18-28(2)19-25(31)27-20-4-6-21(7-5-20)29-13-16-32-17-14-29/h4-11H,3,12-19H2,1-2H3,(H,26,30)(H,27,31). The zero-order chi connectivity index (χ0) is 24.2. The van der Waals surface area contributed by atoms with Crippen LogP contribution >= 0.6 is 0 Å². The summed E-state index contributed by atoms with van der Waals surface area (Å²) in [6, 6.07) is 15.1. The van der Waals surface area contributed by atoms with Crippen LogP contribution in [0.25, 0.3) is 0 Å². The summed E-state index contributed by atoms with van der Waals surface area (Å²) in [6.07, 6.45) is 0. The molecule has 9 heteroatoms. The van der Waals surface area contributed by atoms with E-state index in [4.69, 9.17) is 14.2 Å². The molecular weight excluding hydrogens is 436 g/mol. The van der Waals surface area contributed by atoms with Crippen LogP contribution in [-0.2, 0) is 14.3 Å². The van der Waals surface area contributed by atoms with Gasteiger partial charge in [-0.3, -0.25) is 14.5 Å². The lowest BCUT2D eigenvalue weighted by Gasteiger charge is -2.28. The first kappa shape index (κ1) is 25.3. The average Bonchev–Trinajstić information content (AvgIpc) is 2.84. The van der Waals surface area contributed by atoms with Gasteiger partial charge in [0.2, 0.25) is 11.8 Å². The van der Waals surface area contributed by atoms with Crippen LogP contribution < -0.4 is 25.0 Å². The van der Waals surface area contributed by atoms with Crippen molar-refractivity contribution >= 4 is 23.2 Å². The maximum atomic E-state index is 12.3. The average molecular weight is 471 g/mol. The Hall–Kier alpha value is -3.30. The zero-order valence-corrected chi connectivity index (χ0v) is 19.9. The summed E-state index contributed by atoms with van der Waals surface area (Å²) in [6.45, 7) is 6.70. The van der Waals surface area contributed by atoms with Crippen molar-refractivity contribution in [2.75, 3.05) is 76.4 Å². The lowest BCUT2D eigenvalue weighted by atomic mass is 10.2. The van der Waals surface area contributed by atoms with Crippen molar-refractivity contribution in [2.45, 2.75) is 6.92 Å². The minimum Gasteiger partial charge on any atom is -0.494 e.